The van der Waals surface area contributed by atoms with Gasteiger partial charge in [-0.3, -0.25) is 10.1 Å². The molecule has 0 aromatic heterocycles. The van der Waals surface area contributed by atoms with Gasteiger partial charge in [0.1, 0.15) is 11.3 Å². The van der Waals surface area contributed by atoms with Gasteiger partial charge in [0.05, 0.1) is 10.5 Å². The normalized spacial score (nSPS) is 11.7. The first-order valence-corrected chi connectivity index (χ1v) is 13.6. The summed E-state index contributed by atoms with van der Waals surface area (Å²) in [6.45, 7) is -2.16. The second kappa shape index (κ2) is 11.0. The zero-order valence-electron chi connectivity index (χ0n) is 15.3. The minimum absolute atomic E-state index is 0.174. The Hall–Kier alpha value is -0.530. The Bertz CT molecular complexity index is 1270. The number of nitro benzene ring substituents is 1. The summed E-state index contributed by atoms with van der Waals surface area (Å²) >= 11 is 8.09. The van der Waals surface area contributed by atoms with Crippen LogP contribution in [-0.4, -0.2) is 41.7 Å². The van der Waals surface area contributed by atoms with Crippen molar-refractivity contribution < 1.29 is 45.7 Å². The average Bonchev–Trinajstić information content (AvgIpc) is 2.71. The van der Waals surface area contributed by atoms with Gasteiger partial charge in [0, 0.05) is 26.4 Å². The highest BCUT2D eigenvalue weighted by Gasteiger charge is 2.40. The van der Waals surface area contributed by atoms with Crippen LogP contribution in [0.4, 0.5) is 14.5 Å². The summed E-state index contributed by atoms with van der Waals surface area (Å²) in [6.07, 6.45) is 0. The minimum Gasteiger partial charge on any atom is -0.743 e. The van der Waals surface area contributed by atoms with Gasteiger partial charge in [0.25, 0.3) is 5.69 Å². The SMILES string of the molecule is O=C(OCC(F)(F)S(=O)(=O)[O-])c1cc(OC(=O)c2cc(I)c(I)c(I)c2I)ccc1[N+](=O)[O-]. The summed E-state index contributed by atoms with van der Waals surface area (Å²) in [7, 11) is -6.14. The lowest BCUT2D eigenvalue weighted by molar-refractivity contribution is -0.385. The van der Waals surface area contributed by atoms with E-state index in [0.717, 1.165) is 22.8 Å². The molecule has 0 fully saturated rings. The predicted octanol–water partition coefficient (Wildman–Crippen LogP) is 4.53. The molecule has 0 spiro atoms. The van der Waals surface area contributed by atoms with Crippen LogP contribution < -0.4 is 4.74 Å². The Labute approximate surface area is 238 Å². The molecule has 0 unspecified atom stereocenters. The summed E-state index contributed by atoms with van der Waals surface area (Å²) in [4.78, 5) is 34.9. The van der Waals surface area contributed by atoms with Gasteiger partial charge >= 0.3 is 17.2 Å². The Morgan fingerprint density at radius 3 is 2.15 bits per heavy atom. The molecule has 0 atom stereocenters. The van der Waals surface area contributed by atoms with Gasteiger partial charge in [0.2, 0.25) is 0 Å². The van der Waals surface area contributed by atoms with Crippen LogP contribution >= 0.6 is 90.4 Å². The van der Waals surface area contributed by atoms with Crippen molar-refractivity contribution in [1.29, 1.82) is 0 Å². The number of rotatable bonds is 7. The monoisotopic (exact) mass is 934 g/mol. The van der Waals surface area contributed by atoms with E-state index in [1.165, 1.54) is 0 Å². The molecule has 0 bridgehead atoms. The number of carbonyl (C=O) groups excluding carboxylic acids is 2. The van der Waals surface area contributed by atoms with Crippen molar-refractivity contribution in [3.05, 3.63) is 59.8 Å². The lowest BCUT2D eigenvalue weighted by atomic mass is 10.1. The Balaban J connectivity index is 2.37. The highest BCUT2D eigenvalue weighted by molar-refractivity contribution is 14.1. The maximum absolute atomic E-state index is 13.3. The van der Waals surface area contributed by atoms with Gasteiger partial charge < -0.3 is 14.0 Å². The van der Waals surface area contributed by atoms with Gasteiger partial charge in [-0.2, -0.15) is 8.78 Å². The lowest BCUT2D eigenvalue weighted by Gasteiger charge is -2.19. The molecule has 0 aliphatic heterocycles. The molecule has 2 aromatic rings. The van der Waals surface area contributed by atoms with Crippen LogP contribution in [0, 0.1) is 24.4 Å². The van der Waals surface area contributed by atoms with Crippen LogP contribution in [-0.2, 0) is 14.9 Å². The second-order valence-corrected chi connectivity index (χ2v) is 11.7. The number of nitro groups is 1. The summed E-state index contributed by atoms with van der Waals surface area (Å²) in [5.41, 5.74) is -1.61. The number of hydrogen-bond donors (Lipinski definition) is 0. The number of halogens is 6. The van der Waals surface area contributed by atoms with E-state index in [1.54, 1.807) is 6.07 Å². The molecule has 0 radical (unpaired) electrons. The van der Waals surface area contributed by atoms with Crippen molar-refractivity contribution in [3.8, 4) is 5.75 Å². The van der Waals surface area contributed by atoms with E-state index in [-0.39, 0.29) is 11.3 Å². The third kappa shape index (κ3) is 6.78. The van der Waals surface area contributed by atoms with E-state index in [9.17, 15) is 41.5 Å². The smallest absolute Gasteiger partial charge is 0.367 e. The maximum atomic E-state index is 13.3. The quantitative estimate of drug-likeness (QED) is 0.0571. The molecule has 0 heterocycles. The minimum atomic E-state index is -6.14. The number of alkyl halides is 2. The highest BCUT2D eigenvalue weighted by Crippen LogP contribution is 2.31. The topological polar surface area (TPSA) is 153 Å². The van der Waals surface area contributed by atoms with E-state index >= 15 is 0 Å². The first-order valence-electron chi connectivity index (χ1n) is 7.91. The molecular weight excluding hydrogens is 928 g/mol. The Morgan fingerprint density at radius 2 is 1.61 bits per heavy atom. The van der Waals surface area contributed by atoms with Crippen LogP contribution in [0.15, 0.2) is 24.3 Å². The molecular formula is C16H6F2I4NO9S-. The largest absolute Gasteiger partial charge is 0.743 e. The average molecular weight is 934 g/mol. The van der Waals surface area contributed by atoms with Crippen LogP contribution in [0.3, 0.4) is 0 Å². The van der Waals surface area contributed by atoms with Crippen molar-refractivity contribution in [2.75, 3.05) is 6.61 Å². The molecule has 2 aromatic carbocycles. The number of benzene rings is 2. The summed E-state index contributed by atoms with van der Waals surface area (Å²) in [5, 5.41) is 6.24. The molecule has 0 amide bonds. The van der Waals surface area contributed by atoms with Crippen LogP contribution in [0.25, 0.3) is 0 Å². The molecule has 0 aliphatic carbocycles. The molecule has 2 rings (SSSR count). The molecule has 17 heteroatoms. The second-order valence-electron chi connectivity index (χ2n) is 5.84. The standard InChI is InChI=1S/C16H7F2I4NO9S/c17-16(18,33(28,29)30)5-31-14(24)7-3-6(1-2-10(7)23(26)27)32-15(25)8-4-9(19)12(21)13(22)11(8)20/h1-4H,5H2,(H,28,29,30)/p-1. The van der Waals surface area contributed by atoms with Crippen LogP contribution in [0.2, 0.25) is 0 Å². The van der Waals surface area contributed by atoms with Gasteiger partial charge in [-0.25, -0.2) is 18.0 Å². The van der Waals surface area contributed by atoms with E-state index in [2.05, 4.69) is 27.3 Å². The number of carbonyl (C=O) groups is 2. The van der Waals surface area contributed by atoms with Crippen molar-refractivity contribution in [3.63, 3.8) is 0 Å². The number of esters is 2. The number of ether oxygens (including phenoxy) is 2. The maximum Gasteiger partial charge on any atom is 0.367 e. The highest BCUT2D eigenvalue weighted by atomic mass is 127. The first kappa shape index (κ1) is 28.7. The van der Waals surface area contributed by atoms with Crippen molar-refractivity contribution in [2.24, 2.45) is 0 Å². The molecule has 0 aliphatic rings. The molecule has 10 nitrogen and oxygen atoms in total. The Kier molecular flexibility index (Phi) is 9.59. The Morgan fingerprint density at radius 1 is 1.00 bits per heavy atom. The van der Waals surface area contributed by atoms with E-state index in [4.69, 9.17) is 4.74 Å². The van der Waals surface area contributed by atoms with Crippen LogP contribution in [0.1, 0.15) is 20.7 Å². The lowest BCUT2D eigenvalue weighted by Crippen LogP contribution is -2.34. The number of nitrogens with zero attached hydrogens (tertiary/aromatic N) is 1. The van der Waals surface area contributed by atoms with Gasteiger partial charge in [-0.1, -0.05) is 0 Å². The van der Waals surface area contributed by atoms with E-state index in [1.807, 2.05) is 67.8 Å². The number of hydrogen-bond acceptors (Lipinski definition) is 9. The van der Waals surface area contributed by atoms with Crippen molar-refractivity contribution in [1.82, 2.24) is 0 Å². The van der Waals surface area contributed by atoms with Crippen LogP contribution in [0.5, 0.6) is 5.75 Å². The van der Waals surface area contributed by atoms with Crippen molar-refractivity contribution in [2.45, 2.75) is 5.25 Å². The van der Waals surface area contributed by atoms with E-state index < -0.39 is 50.1 Å². The summed E-state index contributed by atoms with van der Waals surface area (Å²) < 4.78 is 70.4. The molecule has 0 saturated carbocycles. The third-order valence-electron chi connectivity index (χ3n) is 3.65. The van der Waals surface area contributed by atoms with Gasteiger partial charge in [0.15, 0.2) is 16.7 Å². The fourth-order valence-corrected chi connectivity index (χ4v) is 5.55. The fraction of sp³-hybridized carbons (Fsp3) is 0.125. The van der Waals surface area contributed by atoms with E-state index in [0.29, 0.717) is 9.64 Å². The zero-order valence-corrected chi connectivity index (χ0v) is 24.8. The van der Waals surface area contributed by atoms with Gasteiger partial charge in [-0.05, 0) is 102 Å². The molecule has 178 valence electrons. The predicted molar refractivity (Wildman–Crippen MR) is 140 cm³/mol. The molecule has 33 heavy (non-hydrogen) atoms. The third-order valence-corrected chi connectivity index (χ3v) is 11.8. The van der Waals surface area contributed by atoms with Crippen molar-refractivity contribution >= 4 is 118 Å². The zero-order chi connectivity index (χ0) is 25.3. The molecule has 0 saturated heterocycles. The summed E-state index contributed by atoms with van der Waals surface area (Å²) in [6, 6.07) is 4.03. The van der Waals surface area contributed by atoms with Gasteiger partial charge in [-0.15, -0.1) is 0 Å². The fourth-order valence-electron chi connectivity index (χ4n) is 2.08. The summed E-state index contributed by atoms with van der Waals surface area (Å²) in [5.74, 6) is -2.93. The molecule has 0 N–H and O–H groups in total. The first-order chi connectivity index (χ1) is 15.1.